The molecule has 0 heterocycles. The number of carbonyl (C=O) groups is 2. The van der Waals surface area contributed by atoms with Crippen LogP contribution < -0.4 is 10.1 Å². The van der Waals surface area contributed by atoms with E-state index in [0.717, 1.165) is 0 Å². The number of nitrogens with one attached hydrogen (secondary N) is 1. The van der Waals surface area contributed by atoms with Crippen LogP contribution in [0.15, 0.2) is 30.3 Å². The van der Waals surface area contributed by atoms with E-state index in [2.05, 4.69) is 5.32 Å². The molecule has 0 aliphatic rings. The Kier molecular flexibility index (Phi) is 6.83. The second-order valence-electron chi connectivity index (χ2n) is 5.53. The lowest BCUT2D eigenvalue weighted by atomic mass is 10.1. The first kappa shape index (κ1) is 20.0. The minimum absolute atomic E-state index is 0.0476. The molecular weight excluding hydrogens is 384 g/mol. The van der Waals surface area contributed by atoms with Crippen LogP contribution >= 0.6 is 23.2 Å². The molecule has 0 radical (unpaired) electrons. The number of rotatable bonds is 7. The summed E-state index contributed by atoms with van der Waals surface area (Å²) < 4.78 is 19.9. The fourth-order valence-electron chi connectivity index (χ4n) is 2.27. The summed E-state index contributed by atoms with van der Waals surface area (Å²) in [5, 5.41) is 11.5. The van der Waals surface area contributed by atoms with Crippen molar-refractivity contribution in [3.8, 4) is 5.75 Å². The number of anilines is 1. The summed E-state index contributed by atoms with van der Waals surface area (Å²) in [6.45, 7) is 1.14. The molecule has 0 bridgehead atoms. The van der Waals surface area contributed by atoms with Gasteiger partial charge in [-0.1, -0.05) is 35.3 Å². The Bertz CT molecular complexity index is 819. The minimum Gasteiger partial charge on any atom is -0.486 e. The SMILES string of the molecule is CC(=O)Nc1cccc(COc2c(Cl)cc(CCC(=O)O)cc2Cl)c1F. The Morgan fingerprint density at radius 2 is 1.88 bits per heavy atom. The van der Waals surface area contributed by atoms with Crippen molar-refractivity contribution in [3.63, 3.8) is 0 Å². The van der Waals surface area contributed by atoms with Gasteiger partial charge in [0.15, 0.2) is 11.6 Å². The third-order valence-electron chi connectivity index (χ3n) is 3.45. The van der Waals surface area contributed by atoms with Crippen LogP contribution in [0.4, 0.5) is 10.1 Å². The van der Waals surface area contributed by atoms with Crippen molar-refractivity contribution >= 4 is 40.8 Å². The summed E-state index contributed by atoms with van der Waals surface area (Å²) >= 11 is 12.3. The minimum atomic E-state index is -0.924. The smallest absolute Gasteiger partial charge is 0.303 e. The Morgan fingerprint density at radius 1 is 1.23 bits per heavy atom. The quantitative estimate of drug-likeness (QED) is 0.707. The number of ether oxygens (including phenoxy) is 1. The standard InChI is InChI=1S/C18H16Cl2FNO4/c1-10(23)22-15-4-2-3-12(17(15)21)9-26-18-13(19)7-11(8-14(18)20)5-6-16(24)25/h2-4,7-8H,5-6,9H2,1H3,(H,22,23)(H,24,25). The highest BCUT2D eigenvalue weighted by atomic mass is 35.5. The van der Waals surface area contributed by atoms with E-state index in [0.29, 0.717) is 5.56 Å². The van der Waals surface area contributed by atoms with Gasteiger partial charge in [-0.05, 0) is 30.2 Å². The first-order valence-electron chi connectivity index (χ1n) is 7.65. The van der Waals surface area contributed by atoms with E-state index >= 15 is 0 Å². The zero-order chi connectivity index (χ0) is 19.3. The van der Waals surface area contributed by atoms with Gasteiger partial charge in [0.25, 0.3) is 0 Å². The number of hydrogen-bond acceptors (Lipinski definition) is 3. The van der Waals surface area contributed by atoms with Crippen LogP contribution in [0.3, 0.4) is 0 Å². The second-order valence-corrected chi connectivity index (χ2v) is 6.35. The number of benzene rings is 2. The fourth-order valence-corrected chi connectivity index (χ4v) is 2.91. The summed E-state index contributed by atoms with van der Waals surface area (Å²) in [6, 6.07) is 7.68. The van der Waals surface area contributed by atoms with Crippen LogP contribution in [0.25, 0.3) is 0 Å². The highest BCUT2D eigenvalue weighted by Gasteiger charge is 2.14. The van der Waals surface area contributed by atoms with Crippen LogP contribution in [0.2, 0.25) is 10.0 Å². The van der Waals surface area contributed by atoms with Gasteiger partial charge in [-0.15, -0.1) is 0 Å². The van der Waals surface area contributed by atoms with E-state index in [4.69, 9.17) is 33.0 Å². The van der Waals surface area contributed by atoms with Crippen LogP contribution in [-0.4, -0.2) is 17.0 Å². The number of hydrogen-bond donors (Lipinski definition) is 2. The van der Waals surface area contributed by atoms with E-state index in [1.807, 2.05) is 0 Å². The average Bonchev–Trinajstić information content (AvgIpc) is 2.55. The number of halogens is 3. The van der Waals surface area contributed by atoms with Gasteiger partial charge in [0.2, 0.25) is 5.91 Å². The average molecular weight is 400 g/mol. The Labute approximate surface area is 159 Å². The molecule has 0 aromatic heterocycles. The summed E-state index contributed by atoms with van der Waals surface area (Å²) in [4.78, 5) is 21.7. The van der Waals surface area contributed by atoms with Crippen LogP contribution in [-0.2, 0) is 22.6 Å². The van der Waals surface area contributed by atoms with Gasteiger partial charge in [-0.2, -0.15) is 0 Å². The van der Waals surface area contributed by atoms with Crippen LogP contribution in [0.1, 0.15) is 24.5 Å². The molecular formula is C18H16Cl2FNO4. The van der Waals surface area contributed by atoms with Crippen molar-refractivity contribution in [3.05, 3.63) is 57.3 Å². The highest BCUT2D eigenvalue weighted by molar-refractivity contribution is 6.37. The third kappa shape index (κ3) is 5.34. The number of aryl methyl sites for hydroxylation is 1. The van der Waals surface area contributed by atoms with Gasteiger partial charge in [0, 0.05) is 18.9 Å². The molecule has 0 aliphatic carbocycles. The van der Waals surface area contributed by atoms with E-state index < -0.39 is 11.8 Å². The van der Waals surface area contributed by atoms with Crippen molar-refractivity contribution in [2.45, 2.75) is 26.4 Å². The molecule has 2 aromatic carbocycles. The molecule has 8 heteroatoms. The van der Waals surface area contributed by atoms with E-state index in [1.54, 1.807) is 18.2 Å². The van der Waals surface area contributed by atoms with Crippen molar-refractivity contribution in [1.29, 1.82) is 0 Å². The molecule has 2 rings (SSSR count). The van der Waals surface area contributed by atoms with Gasteiger partial charge in [-0.3, -0.25) is 9.59 Å². The molecule has 0 fully saturated rings. The lowest BCUT2D eigenvalue weighted by molar-refractivity contribution is -0.137. The van der Waals surface area contributed by atoms with E-state index in [1.165, 1.54) is 19.1 Å². The molecule has 0 aliphatic heterocycles. The summed E-state index contributed by atoms with van der Waals surface area (Å²) in [6.07, 6.45) is 0.233. The molecule has 0 saturated heterocycles. The van der Waals surface area contributed by atoms with E-state index in [-0.39, 0.29) is 52.4 Å². The lowest BCUT2D eigenvalue weighted by Gasteiger charge is -2.13. The molecule has 2 aromatic rings. The Morgan fingerprint density at radius 3 is 2.46 bits per heavy atom. The Balaban J connectivity index is 2.15. The molecule has 0 saturated carbocycles. The number of carboxylic acids is 1. The fraction of sp³-hybridized carbons (Fsp3) is 0.222. The second kappa shape index (κ2) is 8.87. The largest absolute Gasteiger partial charge is 0.486 e. The van der Waals surface area contributed by atoms with Gasteiger partial charge < -0.3 is 15.2 Å². The first-order valence-corrected chi connectivity index (χ1v) is 8.41. The molecule has 2 N–H and O–H groups in total. The molecule has 0 atom stereocenters. The predicted molar refractivity (Wildman–Crippen MR) is 97.5 cm³/mol. The van der Waals surface area contributed by atoms with Crippen LogP contribution in [0, 0.1) is 5.82 Å². The Hall–Kier alpha value is -2.31. The van der Waals surface area contributed by atoms with Crippen molar-refractivity contribution < 1.29 is 23.8 Å². The molecule has 26 heavy (non-hydrogen) atoms. The molecule has 0 unspecified atom stereocenters. The lowest BCUT2D eigenvalue weighted by Crippen LogP contribution is -2.09. The highest BCUT2D eigenvalue weighted by Crippen LogP contribution is 2.35. The topological polar surface area (TPSA) is 75.6 Å². The maximum absolute atomic E-state index is 14.4. The molecule has 138 valence electrons. The van der Waals surface area contributed by atoms with Crippen molar-refractivity contribution in [2.75, 3.05) is 5.32 Å². The zero-order valence-electron chi connectivity index (χ0n) is 13.8. The number of amides is 1. The predicted octanol–water partition coefficient (Wildman–Crippen LogP) is 4.69. The molecule has 5 nitrogen and oxygen atoms in total. The summed E-state index contributed by atoms with van der Waals surface area (Å²) in [5.41, 5.74) is 0.937. The summed E-state index contributed by atoms with van der Waals surface area (Å²) in [7, 11) is 0. The summed E-state index contributed by atoms with van der Waals surface area (Å²) in [5.74, 6) is -1.73. The maximum Gasteiger partial charge on any atom is 0.303 e. The zero-order valence-corrected chi connectivity index (χ0v) is 15.3. The van der Waals surface area contributed by atoms with Crippen LogP contribution in [0.5, 0.6) is 5.75 Å². The monoisotopic (exact) mass is 399 g/mol. The number of aliphatic carboxylic acids is 1. The normalized spacial score (nSPS) is 10.5. The van der Waals surface area contributed by atoms with Crippen molar-refractivity contribution in [2.24, 2.45) is 0 Å². The van der Waals surface area contributed by atoms with Gasteiger partial charge in [0.05, 0.1) is 15.7 Å². The molecule has 1 amide bonds. The third-order valence-corrected chi connectivity index (χ3v) is 4.01. The van der Waals surface area contributed by atoms with E-state index in [9.17, 15) is 14.0 Å². The molecule has 0 spiro atoms. The van der Waals surface area contributed by atoms with Gasteiger partial charge in [-0.25, -0.2) is 4.39 Å². The maximum atomic E-state index is 14.4. The van der Waals surface area contributed by atoms with Gasteiger partial charge >= 0.3 is 5.97 Å². The van der Waals surface area contributed by atoms with Gasteiger partial charge in [0.1, 0.15) is 6.61 Å². The van der Waals surface area contributed by atoms with Crippen molar-refractivity contribution in [1.82, 2.24) is 0 Å². The number of carbonyl (C=O) groups excluding carboxylic acids is 1. The first-order chi connectivity index (χ1) is 12.3. The number of carboxylic acid groups (broad SMARTS) is 1.